The molecule has 0 aliphatic carbocycles. The Hall–Kier alpha value is -2.42. The van der Waals surface area contributed by atoms with Crippen LogP contribution in [-0.2, 0) is 10.0 Å². The highest BCUT2D eigenvalue weighted by Crippen LogP contribution is 2.23. The molecule has 0 aliphatic rings. The van der Waals surface area contributed by atoms with Gasteiger partial charge in [0.05, 0.1) is 17.0 Å². The molecule has 1 N–H and O–H groups in total. The van der Waals surface area contributed by atoms with Crippen LogP contribution in [-0.4, -0.2) is 8.42 Å². The Kier molecular flexibility index (Phi) is 4.76. The average Bonchev–Trinajstić information content (AvgIpc) is 2.53. The highest BCUT2D eigenvalue weighted by atomic mass is 32.2. The van der Waals surface area contributed by atoms with E-state index in [9.17, 15) is 8.42 Å². The molecule has 112 valence electrons. The van der Waals surface area contributed by atoms with Gasteiger partial charge < -0.3 is 0 Å². The van der Waals surface area contributed by atoms with Crippen molar-refractivity contribution < 1.29 is 8.42 Å². The van der Waals surface area contributed by atoms with Gasteiger partial charge in [0.1, 0.15) is 0 Å². The summed E-state index contributed by atoms with van der Waals surface area (Å²) >= 11 is 0. The highest BCUT2D eigenvalue weighted by Gasteiger charge is 2.23. The number of aryl methyl sites for hydroxylation is 1. The number of nitriles is 1. The van der Waals surface area contributed by atoms with E-state index in [0.29, 0.717) is 5.56 Å². The Morgan fingerprint density at radius 2 is 1.73 bits per heavy atom. The van der Waals surface area contributed by atoms with Crippen LogP contribution in [0.2, 0.25) is 0 Å². The van der Waals surface area contributed by atoms with Crippen LogP contribution in [0.25, 0.3) is 0 Å². The number of nitrogens with zero attached hydrogens (tertiary/aromatic N) is 1. The fourth-order valence-electron chi connectivity index (χ4n) is 1.99. The molecule has 0 saturated heterocycles. The quantitative estimate of drug-likeness (QED) is 0.862. The van der Waals surface area contributed by atoms with Gasteiger partial charge in [0.15, 0.2) is 0 Å². The molecule has 1 atom stereocenters. The summed E-state index contributed by atoms with van der Waals surface area (Å²) in [6, 6.07) is 16.6. The molecule has 2 aromatic carbocycles. The molecule has 0 unspecified atom stereocenters. The average molecular weight is 312 g/mol. The normalized spacial score (nSPS) is 12.4. The van der Waals surface area contributed by atoms with Crippen LogP contribution in [0.5, 0.6) is 0 Å². The van der Waals surface area contributed by atoms with Crippen molar-refractivity contribution in [2.75, 3.05) is 0 Å². The van der Waals surface area contributed by atoms with Gasteiger partial charge in [-0.05, 0) is 24.6 Å². The van der Waals surface area contributed by atoms with Crippen molar-refractivity contribution in [2.45, 2.75) is 17.9 Å². The number of benzene rings is 2. The molecular weight excluding hydrogens is 296 g/mol. The van der Waals surface area contributed by atoms with Gasteiger partial charge in [0.2, 0.25) is 10.0 Å². The standard InChI is InChI=1S/C17H16N2O2S/c1-13-8-10-16(11-9-13)22(20,21)19-17(14(2)12-18)15-6-4-3-5-7-15/h3-11,17,19H,2H2,1H3/t17-/m1/s1. The molecule has 0 aliphatic heterocycles. The maximum Gasteiger partial charge on any atom is 0.241 e. The van der Waals surface area contributed by atoms with Crippen LogP contribution >= 0.6 is 0 Å². The zero-order chi connectivity index (χ0) is 16.2. The third-order valence-electron chi connectivity index (χ3n) is 3.23. The summed E-state index contributed by atoms with van der Waals surface area (Å²) in [5.41, 5.74) is 1.78. The first-order chi connectivity index (χ1) is 10.4. The van der Waals surface area contributed by atoms with E-state index in [0.717, 1.165) is 5.56 Å². The second kappa shape index (κ2) is 6.56. The molecule has 5 heteroatoms. The zero-order valence-electron chi connectivity index (χ0n) is 12.2. The first-order valence-electron chi connectivity index (χ1n) is 6.67. The molecule has 0 saturated carbocycles. The second-order valence-corrected chi connectivity index (χ2v) is 6.63. The molecule has 0 aromatic heterocycles. The second-order valence-electron chi connectivity index (χ2n) is 4.92. The largest absolute Gasteiger partial charge is 0.241 e. The van der Waals surface area contributed by atoms with Crippen molar-refractivity contribution in [1.82, 2.24) is 4.72 Å². The summed E-state index contributed by atoms with van der Waals surface area (Å²) in [5.74, 6) is 0. The van der Waals surface area contributed by atoms with Crippen molar-refractivity contribution in [3.05, 3.63) is 77.9 Å². The van der Waals surface area contributed by atoms with Gasteiger partial charge in [-0.3, -0.25) is 0 Å². The van der Waals surface area contributed by atoms with E-state index in [1.54, 1.807) is 36.4 Å². The molecule has 0 spiro atoms. The van der Waals surface area contributed by atoms with Gasteiger partial charge in [-0.2, -0.15) is 9.98 Å². The SMILES string of the molecule is C=C(C#N)[C@@H](NS(=O)(=O)c1ccc(C)cc1)c1ccccc1. The van der Waals surface area contributed by atoms with Crippen LogP contribution < -0.4 is 4.72 Å². The Labute approximate surface area is 130 Å². The summed E-state index contributed by atoms with van der Waals surface area (Å²) in [7, 11) is -3.74. The molecule has 0 amide bonds. The lowest BCUT2D eigenvalue weighted by Gasteiger charge is -2.18. The summed E-state index contributed by atoms with van der Waals surface area (Å²) < 4.78 is 27.5. The lowest BCUT2D eigenvalue weighted by Crippen LogP contribution is -2.29. The Bertz CT molecular complexity index is 804. The van der Waals surface area contributed by atoms with Gasteiger partial charge in [0, 0.05) is 5.57 Å². The highest BCUT2D eigenvalue weighted by molar-refractivity contribution is 7.89. The summed E-state index contributed by atoms with van der Waals surface area (Å²) in [6.07, 6.45) is 0. The molecule has 4 nitrogen and oxygen atoms in total. The van der Waals surface area contributed by atoms with Gasteiger partial charge in [-0.1, -0.05) is 54.6 Å². The van der Waals surface area contributed by atoms with Crippen molar-refractivity contribution in [3.8, 4) is 6.07 Å². The van der Waals surface area contributed by atoms with E-state index in [-0.39, 0.29) is 10.5 Å². The van der Waals surface area contributed by atoms with Crippen molar-refractivity contribution in [1.29, 1.82) is 5.26 Å². The molecule has 0 radical (unpaired) electrons. The maximum atomic E-state index is 12.5. The van der Waals surface area contributed by atoms with E-state index in [4.69, 9.17) is 5.26 Å². The predicted molar refractivity (Wildman–Crippen MR) is 85.4 cm³/mol. The van der Waals surface area contributed by atoms with E-state index in [2.05, 4.69) is 11.3 Å². The number of hydrogen-bond donors (Lipinski definition) is 1. The first-order valence-corrected chi connectivity index (χ1v) is 8.15. The maximum absolute atomic E-state index is 12.5. The lowest BCUT2D eigenvalue weighted by molar-refractivity contribution is 0.572. The van der Waals surface area contributed by atoms with Gasteiger partial charge in [-0.15, -0.1) is 0 Å². The van der Waals surface area contributed by atoms with E-state index >= 15 is 0 Å². The predicted octanol–water partition coefficient (Wildman–Crippen LogP) is 3.09. The molecule has 2 rings (SSSR count). The third-order valence-corrected chi connectivity index (χ3v) is 4.67. The number of nitrogens with one attached hydrogen (secondary N) is 1. The minimum absolute atomic E-state index is 0.141. The fraction of sp³-hybridized carbons (Fsp3) is 0.118. The summed E-state index contributed by atoms with van der Waals surface area (Å²) in [4.78, 5) is 0.157. The monoisotopic (exact) mass is 312 g/mol. The first kappa shape index (κ1) is 16.0. The number of sulfonamides is 1. The Morgan fingerprint density at radius 3 is 2.27 bits per heavy atom. The van der Waals surface area contributed by atoms with Crippen molar-refractivity contribution in [3.63, 3.8) is 0 Å². The zero-order valence-corrected chi connectivity index (χ0v) is 13.0. The lowest BCUT2D eigenvalue weighted by atomic mass is 10.0. The Balaban J connectivity index is 2.37. The van der Waals surface area contributed by atoms with Crippen LogP contribution in [0.15, 0.2) is 71.6 Å². The molecule has 22 heavy (non-hydrogen) atoms. The fourth-order valence-corrected chi connectivity index (χ4v) is 3.21. The van der Waals surface area contributed by atoms with Gasteiger partial charge >= 0.3 is 0 Å². The summed E-state index contributed by atoms with van der Waals surface area (Å²) in [6.45, 7) is 5.54. The number of hydrogen-bond acceptors (Lipinski definition) is 3. The Morgan fingerprint density at radius 1 is 1.14 bits per heavy atom. The minimum Gasteiger partial charge on any atom is -0.207 e. The van der Waals surface area contributed by atoms with E-state index < -0.39 is 16.1 Å². The molecule has 0 fully saturated rings. The van der Waals surface area contributed by atoms with Crippen LogP contribution in [0.4, 0.5) is 0 Å². The number of rotatable bonds is 5. The topological polar surface area (TPSA) is 70.0 Å². The molecule has 0 bridgehead atoms. The third kappa shape index (κ3) is 3.61. The minimum atomic E-state index is -3.74. The van der Waals surface area contributed by atoms with Gasteiger partial charge in [-0.25, -0.2) is 8.42 Å². The van der Waals surface area contributed by atoms with Crippen LogP contribution in [0.1, 0.15) is 17.2 Å². The summed E-state index contributed by atoms with van der Waals surface area (Å²) in [5, 5.41) is 9.09. The smallest absolute Gasteiger partial charge is 0.207 e. The molecule has 2 aromatic rings. The van der Waals surface area contributed by atoms with Crippen LogP contribution in [0, 0.1) is 18.3 Å². The molecular formula is C17H16N2O2S. The van der Waals surface area contributed by atoms with Crippen molar-refractivity contribution >= 4 is 10.0 Å². The van der Waals surface area contributed by atoms with Crippen LogP contribution in [0.3, 0.4) is 0 Å². The van der Waals surface area contributed by atoms with E-state index in [1.165, 1.54) is 12.1 Å². The van der Waals surface area contributed by atoms with Crippen molar-refractivity contribution in [2.24, 2.45) is 0 Å². The van der Waals surface area contributed by atoms with E-state index in [1.807, 2.05) is 19.1 Å². The molecule has 0 heterocycles. The van der Waals surface area contributed by atoms with Gasteiger partial charge in [0.25, 0.3) is 0 Å².